The molecule has 0 aliphatic rings. The lowest BCUT2D eigenvalue weighted by atomic mass is 9.92. The van der Waals surface area contributed by atoms with Gasteiger partial charge in [0, 0.05) is 23.4 Å². The minimum Gasteiger partial charge on any atom is -0.357 e. The van der Waals surface area contributed by atoms with Crippen LogP contribution < -0.4 is 10.6 Å². The number of nitrogens with zero attached hydrogens (tertiary/aromatic N) is 1. The summed E-state index contributed by atoms with van der Waals surface area (Å²) < 4.78 is 0. The third kappa shape index (κ3) is 6.18. The van der Waals surface area contributed by atoms with Crippen molar-refractivity contribution < 1.29 is 0 Å². The van der Waals surface area contributed by atoms with Crippen LogP contribution in [0.4, 0.5) is 0 Å². The maximum atomic E-state index is 4.73. The molecule has 1 heterocycles. The summed E-state index contributed by atoms with van der Waals surface area (Å²) in [6, 6.07) is 4.30. The van der Waals surface area contributed by atoms with Gasteiger partial charge in [0.25, 0.3) is 0 Å². The van der Waals surface area contributed by atoms with Gasteiger partial charge in [-0.3, -0.25) is 4.99 Å². The van der Waals surface area contributed by atoms with Gasteiger partial charge in [-0.2, -0.15) is 11.8 Å². The van der Waals surface area contributed by atoms with E-state index in [0.29, 0.717) is 0 Å². The topological polar surface area (TPSA) is 36.4 Å². The molecule has 114 valence electrons. The van der Waals surface area contributed by atoms with Gasteiger partial charge in [0.2, 0.25) is 0 Å². The fraction of sp³-hybridized carbons (Fsp3) is 0.667. The second-order valence-electron chi connectivity index (χ2n) is 5.33. The van der Waals surface area contributed by atoms with Crippen LogP contribution in [0.2, 0.25) is 0 Å². The summed E-state index contributed by atoms with van der Waals surface area (Å²) in [5.74, 6) is 2.12. The van der Waals surface area contributed by atoms with Crippen LogP contribution >= 0.6 is 23.1 Å². The molecular weight excluding hydrogens is 286 g/mol. The predicted octanol–water partition coefficient (Wildman–Crippen LogP) is 3.33. The Morgan fingerprint density at radius 3 is 2.80 bits per heavy atom. The highest BCUT2D eigenvalue weighted by molar-refractivity contribution is 7.98. The molecule has 0 aromatic carbocycles. The van der Waals surface area contributed by atoms with Crippen LogP contribution in [0.15, 0.2) is 22.5 Å². The molecule has 0 fully saturated rings. The number of thiophene rings is 1. The summed E-state index contributed by atoms with van der Waals surface area (Å²) in [5.41, 5.74) is 0.0930. The van der Waals surface area contributed by atoms with Crippen molar-refractivity contribution in [3.63, 3.8) is 0 Å². The molecule has 0 saturated heterocycles. The van der Waals surface area contributed by atoms with E-state index in [1.807, 2.05) is 11.8 Å². The van der Waals surface area contributed by atoms with Crippen LogP contribution in [-0.4, -0.2) is 37.6 Å². The summed E-state index contributed by atoms with van der Waals surface area (Å²) in [7, 11) is 0. The van der Waals surface area contributed by atoms with E-state index in [9.17, 15) is 0 Å². The third-order valence-electron chi connectivity index (χ3n) is 2.98. The molecule has 1 aromatic heterocycles. The Morgan fingerprint density at radius 1 is 1.40 bits per heavy atom. The maximum Gasteiger partial charge on any atom is 0.191 e. The average molecular weight is 314 g/mol. The SMILES string of the molecule is CCNC(=NCC(C)(C)c1cccs1)NCCCSC. The molecular formula is C15H27N3S2. The molecule has 0 unspecified atom stereocenters. The highest BCUT2D eigenvalue weighted by Crippen LogP contribution is 2.27. The Morgan fingerprint density at radius 2 is 2.20 bits per heavy atom. The summed E-state index contributed by atoms with van der Waals surface area (Å²) in [4.78, 5) is 6.12. The fourth-order valence-corrected chi connectivity index (χ4v) is 3.06. The highest BCUT2D eigenvalue weighted by atomic mass is 32.2. The molecule has 1 rings (SSSR count). The molecule has 0 amide bonds. The standard InChI is InChI=1S/C15H27N3S2/c1-5-16-14(17-9-7-10-19-4)18-12-15(2,3)13-8-6-11-20-13/h6,8,11H,5,7,9-10,12H2,1-4H3,(H2,16,17,18). The van der Waals surface area contributed by atoms with Crippen LogP contribution in [0, 0.1) is 0 Å². The lowest BCUT2D eigenvalue weighted by Gasteiger charge is -2.21. The molecule has 5 heteroatoms. The first-order valence-electron chi connectivity index (χ1n) is 7.15. The number of nitrogens with one attached hydrogen (secondary N) is 2. The average Bonchev–Trinajstić information content (AvgIpc) is 2.95. The number of aliphatic imine (C=N–C) groups is 1. The van der Waals surface area contributed by atoms with Gasteiger partial charge in [0.15, 0.2) is 5.96 Å². The molecule has 0 aliphatic carbocycles. The molecule has 0 bridgehead atoms. The highest BCUT2D eigenvalue weighted by Gasteiger charge is 2.21. The number of rotatable bonds is 8. The van der Waals surface area contributed by atoms with Gasteiger partial charge in [0.05, 0.1) is 6.54 Å². The van der Waals surface area contributed by atoms with E-state index >= 15 is 0 Å². The molecule has 20 heavy (non-hydrogen) atoms. The van der Waals surface area contributed by atoms with Gasteiger partial charge in [0.1, 0.15) is 0 Å². The van der Waals surface area contributed by atoms with E-state index in [4.69, 9.17) is 4.99 Å². The number of hydrogen-bond donors (Lipinski definition) is 2. The van der Waals surface area contributed by atoms with E-state index < -0.39 is 0 Å². The van der Waals surface area contributed by atoms with E-state index in [-0.39, 0.29) is 5.41 Å². The lowest BCUT2D eigenvalue weighted by Crippen LogP contribution is -2.39. The first-order chi connectivity index (χ1) is 9.60. The smallest absolute Gasteiger partial charge is 0.191 e. The van der Waals surface area contributed by atoms with E-state index in [2.05, 4.69) is 55.2 Å². The second kappa shape index (κ2) is 9.29. The Bertz CT molecular complexity index is 386. The van der Waals surface area contributed by atoms with Gasteiger partial charge in [-0.15, -0.1) is 11.3 Å². The van der Waals surface area contributed by atoms with E-state index in [1.165, 1.54) is 17.1 Å². The quantitative estimate of drug-likeness (QED) is 0.439. The van der Waals surface area contributed by atoms with Crippen molar-refractivity contribution in [2.45, 2.75) is 32.6 Å². The van der Waals surface area contributed by atoms with Crippen LogP contribution in [0.1, 0.15) is 32.1 Å². The minimum absolute atomic E-state index is 0.0930. The number of guanidine groups is 1. The zero-order chi connectivity index (χ0) is 14.8. The molecule has 2 N–H and O–H groups in total. The first-order valence-corrected chi connectivity index (χ1v) is 9.42. The number of thioether (sulfide) groups is 1. The molecule has 0 aliphatic heterocycles. The summed E-state index contributed by atoms with van der Waals surface area (Å²) in [6.07, 6.45) is 3.31. The third-order valence-corrected chi connectivity index (χ3v) is 4.92. The summed E-state index contributed by atoms with van der Waals surface area (Å²) >= 11 is 3.69. The lowest BCUT2D eigenvalue weighted by molar-refractivity contribution is 0.548. The van der Waals surface area contributed by atoms with Crippen molar-refractivity contribution >= 4 is 29.1 Å². The molecule has 3 nitrogen and oxygen atoms in total. The van der Waals surface area contributed by atoms with Crippen molar-refractivity contribution in [2.24, 2.45) is 4.99 Å². The van der Waals surface area contributed by atoms with Crippen LogP contribution in [0.3, 0.4) is 0 Å². The molecule has 0 radical (unpaired) electrons. The minimum atomic E-state index is 0.0930. The van der Waals surface area contributed by atoms with Gasteiger partial charge < -0.3 is 10.6 Å². The molecule has 0 spiro atoms. The second-order valence-corrected chi connectivity index (χ2v) is 7.26. The molecule has 0 atom stereocenters. The van der Waals surface area contributed by atoms with Gasteiger partial charge in [-0.05, 0) is 36.8 Å². The first kappa shape index (κ1) is 17.4. The Labute approximate surface area is 131 Å². The monoisotopic (exact) mass is 313 g/mol. The van der Waals surface area contributed by atoms with Crippen molar-refractivity contribution in [1.82, 2.24) is 10.6 Å². The zero-order valence-corrected chi connectivity index (χ0v) is 14.7. The van der Waals surface area contributed by atoms with E-state index in [0.717, 1.165) is 25.6 Å². The van der Waals surface area contributed by atoms with Crippen LogP contribution in [-0.2, 0) is 5.41 Å². The van der Waals surface area contributed by atoms with Gasteiger partial charge in [-0.25, -0.2) is 0 Å². The largest absolute Gasteiger partial charge is 0.357 e. The van der Waals surface area contributed by atoms with Crippen molar-refractivity contribution in [3.05, 3.63) is 22.4 Å². The molecule has 1 aromatic rings. The van der Waals surface area contributed by atoms with Gasteiger partial charge in [-0.1, -0.05) is 19.9 Å². The van der Waals surface area contributed by atoms with Crippen molar-refractivity contribution in [1.29, 1.82) is 0 Å². The Kier molecular flexibility index (Phi) is 8.07. The normalized spacial score (nSPS) is 12.5. The van der Waals surface area contributed by atoms with E-state index in [1.54, 1.807) is 11.3 Å². The van der Waals surface area contributed by atoms with Crippen LogP contribution in [0.25, 0.3) is 0 Å². The van der Waals surface area contributed by atoms with Crippen molar-refractivity contribution in [2.75, 3.05) is 31.6 Å². The van der Waals surface area contributed by atoms with Gasteiger partial charge >= 0.3 is 0 Å². The molecule has 0 saturated carbocycles. The Hall–Kier alpha value is -0.680. The predicted molar refractivity (Wildman–Crippen MR) is 94.3 cm³/mol. The fourth-order valence-electron chi connectivity index (χ4n) is 1.78. The Balaban J connectivity index is 2.53. The summed E-state index contributed by atoms with van der Waals surface area (Å²) in [5, 5.41) is 8.85. The van der Waals surface area contributed by atoms with Crippen LogP contribution in [0.5, 0.6) is 0 Å². The zero-order valence-electron chi connectivity index (χ0n) is 13.0. The van der Waals surface area contributed by atoms with Crippen molar-refractivity contribution in [3.8, 4) is 0 Å². The maximum absolute atomic E-state index is 4.73. The number of hydrogen-bond acceptors (Lipinski definition) is 3. The summed E-state index contributed by atoms with van der Waals surface area (Å²) in [6.45, 7) is 9.27.